The number of rotatable bonds is 5. The molecule has 4 rings (SSSR count). The highest BCUT2D eigenvalue weighted by molar-refractivity contribution is 5.78. The van der Waals surface area contributed by atoms with E-state index in [1.165, 1.54) is 18.9 Å². The van der Waals surface area contributed by atoms with Crippen molar-refractivity contribution in [3.05, 3.63) is 35.6 Å². The van der Waals surface area contributed by atoms with Crippen LogP contribution in [0.4, 0.5) is 4.39 Å². The molecule has 3 fully saturated rings. The third-order valence-electron chi connectivity index (χ3n) is 6.25. The Bertz CT molecular complexity index is 650. The van der Waals surface area contributed by atoms with Crippen molar-refractivity contribution < 1.29 is 13.9 Å². The zero-order chi connectivity index (χ0) is 18.6. The van der Waals surface area contributed by atoms with E-state index in [9.17, 15) is 9.18 Å². The Morgan fingerprint density at radius 1 is 1.00 bits per heavy atom. The van der Waals surface area contributed by atoms with Crippen LogP contribution >= 0.6 is 0 Å². The zero-order valence-corrected chi connectivity index (χ0v) is 16.0. The second-order valence-corrected chi connectivity index (χ2v) is 8.00. The van der Waals surface area contributed by atoms with Gasteiger partial charge in [0.25, 0.3) is 0 Å². The van der Waals surface area contributed by atoms with Crippen LogP contribution in [-0.2, 0) is 16.1 Å². The van der Waals surface area contributed by atoms with Crippen LogP contribution in [0, 0.1) is 5.82 Å². The highest BCUT2D eigenvalue weighted by Crippen LogP contribution is 2.25. The van der Waals surface area contributed by atoms with Gasteiger partial charge in [-0.1, -0.05) is 18.2 Å². The Balaban J connectivity index is 1.38. The lowest BCUT2D eigenvalue weighted by Crippen LogP contribution is -2.56. The van der Waals surface area contributed by atoms with Crippen molar-refractivity contribution in [2.45, 2.75) is 44.4 Å². The molecule has 1 aromatic rings. The number of likely N-dealkylation sites (tertiary alicyclic amines) is 2. The first kappa shape index (κ1) is 18.8. The van der Waals surface area contributed by atoms with Crippen molar-refractivity contribution in [2.24, 2.45) is 0 Å². The van der Waals surface area contributed by atoms with E-state index in [0.717, 1.165) is 57.7 Å². The smallest absolute Gasteiger partial charge is 0.248 e. The van der Waals surface area contributed by atoms with Gasteiger partial charge in [0.1, 0.15) is 12.4 Å². The van der Waals surface area contributed by atoms with Crippen molar-refractivity contribution >= 4 is 5.91 Å². The Kier molecular flexibility index (Phi) is 6.05. The normalized spacial score (nSPS) is 27.6. The van der Waals surface area contributed by atoms with Crippen molar-refractivity contribution in [1.29, 1.82) is 0 Å². The molecule has 0 N–H and O–H groups in total. The van der Waals surface area contributed by atoms with Gasteiger partial charge < -0.3 is 14.5 Å². The molecule has 0 saturated carbocycles. The molecular weight excluding hydrogens is 345 g/mol. The number of hydrogen-bond donors (Lipinski definition) is 0. The second-order valence-electron chi connectivity index (χ2n) is 8.00. The van der Waals surface area contributed by atoms with E-state index in [4.69, 9.17) is 4.74 Å². The first-order valence-corrected chi connectivity index (χ1v) is 10.3. The van der Waals surface area contributed by atoms with Gasteiger partial charge in [-0.2, -0.15) is 0 Å². The number of amides is 1. The standard InChI is InChI=1S/C21H30FN3O2/c22-18-6-2-1-5-17(18)15-24-11-7-19-20(8-12-24)27-16-21(26)25(19)14-13-23-9-3-4-10-23/h1-2,5-6,19-20H,3-4,7-16H2/t19-,20-/m0/s1. The molecule has 5 nitrogen and oxygen atoms in total. The Labute approximate surface area is 161 Å². The fraction of sp³-hybridized carbons (Fsp3) is 0.667. The summed E-state index contributed by atoms with van der Waals surface area (Å²) in [6.07, 6.45) is 4.44. The van der Waals surface area contributed by atoms with E-state index in [1.54, 1.807) is 6.07 Å². The number of halogens is 1. The van der Waals surface area contributed by atoms with Crippen LogP contribution in [0.2, 0.25) is 0 Å². The molecule has 148 valence electrons. The largest absolute Gasteiger partial charge is 0.366 e. The minimum atomic E-state index is -0.141. The van der Waals surface area contributed by atoms with Crippen LogP contribution in [0.15, 0.2) is 24.3 Å². The van der Waals surface area contributed by atoms with E-state index in [-0.39, 0.29) is 30.5 Å². The molecule has 3 aliphatic rings. The average molecular weight is 375 g/mol. The summed E-state index contributed by atoms with van der Waals surface area (Å²) in [6, 6.07) is 7.15. The summed E-state index contributed by atoms with van der Waals surface area (Å²) in [5, 5.41) is 0. The van der Waals surface area contributed by atoms with Crippen LogP contribution in [0.25, 0.3) is 0 Å². The van der Waals surface area contributed by atoms with Gasteiger partial charge in [-0.25, -0.2) is 4.39 Å². The second kappa shape index (κ2) is 8.67. The number of carbonyl (C=O) groups excluding carboxylic acids is 1. The molecule has 6 heteroatoms. The summed E-state index contributed by atoms with van der Waals surface area (Å²) in [5.41, 5.74) is 0.741. The van der Waals surface area contributed by atoms with E-state index < -0.39 is 0 Å². The monoisotopic (exact) mass is 375 g/mol. The molecule has 0 aliphatic carbocycles. The Morgan fingerprint density at radius 2 is 1.78 bits per heavy atom. The van der Waals surface area contributed by atoms with Gasteiger partial charge in [0.2, 0.25) is 5.91 Å². The molecule has 0 radical (unpaired) electrons. The van der Waals surface area contributed by atoms with E-state index in [0.29, 0.717) is 6.54 Å². The summed E-state index contributed by atoms with van der Waals surface area (Å²) in [6.45, 7) is 6.65. The maximum Gasteiger partial charge on any atom is 0.248 e. The van der Waals surface area contributed by atoms with E-state index in [1.807, 2.05) is 12.1 Å². The van der Waals surface area contributed by atoms with Crippen LogP contribution in [0.3, 0.4) is 0 Å². The molecule has 0 aromatic heterocycles. The number of hydrogen-bond acceptors (Lipinski definition) is 4. The van der Waals surface area contributed by atoms with Crippen molar-refractivity contribution in [2.75, 3.05) is 45.9 Å². The van der Waals surface area contributed by atoms with Gasteiger partial charge in [0.15, 0.2) is 0 Å². The molecule has 3 aliphatic heterocycles. The molecule has 27 heavy (non-hydrogen) atoms. The lowest BCUT2D eigenvalue weighted by molar-refractivity contribution is -0.157. The Hall–Kier alpha value is -1.50. The molecule has 3 saturated heterocycles. The van der Waals surface area contributed by atoms with Gasteiger partial charge in [-0.15, -0.1) is 0 Å². The number of benzene rings is 1. The van der Waals surface area contributed by atoms with Crippen LogP contribution in [0.1, 0.15) is 31.2 Å². The first-order chi connectivity index (χ1) is 13.2. The maximum atomic E-state index is 14.0. The summed E-state index contributed by atoms with van der Waals surface area (Å²) in [4.78, 5) is 19.3. The number of morpholine rings is 1. The maximum absolute atomic E-state index is 14.0. The Morgan fingerprint density at radius 3 is 2.59 bits per heavy atom. The van der Waals surface area contributed by atoms with Gasteiger partial charge in [-0.3, -0.25) is 9.69 Å². The summed E-state index contributed by atoms with van der Waals surface area (Å²) in [7, 11) is 0. The van der Waals surface area contributed by atoms with Gasteiger partial charge in [0.05, 0.1) is 12.1 Å². The lowest BCUT2D eigenvalue weighted by atomic mass is 10.0. The molecule has 1 amide bonds. The summed E-state index contributed by atoms with van der Waals surface area (Å²) in [5.74, 6) is -0.0177. The minimum Gasteiger partial charge on any atom is -0.366 e. The number of ether oxygens (including phenoxy) is 1. The highest BCUT2D eigenvalue weighted by atomic mass is 19.1. The molecule has 0 unspecified atom stereocenters. The van der Waals surface area contributed by atoms with E-state index in [2.05, 4.69) is 14.7 Å². The summed E-state index contributed by atoms with van der Waals surface area (Å²) < 4.78 is 19.9. The van der Waals surface area contributed by atoms with Crippen LogP contribution < -0.4 is 0 Å². The molecule has 1 aromatic carbocycles. The molecule has 3 heterocycles. The quantitative estimate of drug-likeness (QED) is 0.790. The summed E-state index contributed by atoms with van der Waals surface area (Å²) >= 11 is 0. The number of carbonyl (C=O) groups is 1. The fourth-order valence-electron chi connectivity index (χ4n) is 4.68. The van der Waals surface area contributed by atoms with Gasteiger partial charge in [0, 0.05) is 38.3 Å². The van der Waals surface area contributed by atoms with E-state index >= 15 is 0 Å². The number of fused-ring (bicyclic) bond motifs is 1. The molecular formula is C21H30FN3O2. The van der Waals surface area contributed by atoms with Crippen molar-refractivity contribution in [3.8, 4) is 0 Å². The highest BCUT2D eigenvalue weighted by Gasteiger charge is 2.38. The van der Waals surface area contributed by atoms with Gasteiger partial charge in [-0.05, 0) is 44.8 Å². The topological polar surface area (TPSA) is 36.0 Å². The lowest BCUT2D eigenvalue weighted by Gasteiger charge is -2.40. The van der Waals surface area contributed by atoms with Crippen LogP contribution in [0.5, 0.6) is 0 Å². The third-order valence-corrected chi connectivity index (χ3v) is 6.25. The SMILES string of the molecule is O=C1CO[C@H]2CCN(Cc3ccccc3F)CC[C@@H]2N1CCN1CCCC1. The fourth-order valence-corrected chi connectivity index (χ4v) is 4.68. The minimum absolute atomic E-state index is 0.104. The third kappa shape index (κ3) is 4.50. The van der Waals surface area contributed by atoms with Crippen molar-refractivity contribution in [1.82, 2.24) is 14.7 Å². The molecule has 0 spiro atoms. The molecule has 0 bridgehead atoms. The zero-order valence-electron chi connectivity index (χ0n) is 16.0. The average Bonchev–Trinajstić information content (AvgIpc) is 3.11. The number of nitrogens with zero attached hydrogens (tertiary/aromatic N) is 3. The van der Waals surface area contributed by atoms with Gasteiger partial charge >= 0.3 is 0 Å². The molecule has 2 atom stereocenters. The predicted molar refractivity (Wildman–Crippen MR) is 102 cm³/mol. The van der Waals surface area contributed by atoms with Crippen LogP contribution in [-0.4, -0.2) is 78.6 Å². The van der Waals surface area contributed by atoms with Crippen molar-refractivity contribution in [3.63, 3.8) is 0 Å². The predicted octanol–water partition coefficient (Wildman–Crippen LogP) is 2.11. The first-order valence-electron chi connectivity index (χ1n) is 10.3.